The first-order valence-corrected chi connectivity index (χ1v) is 5.54. The van der Waals surface area contributed by atoms with E-state index in [9.17, 15) is 4.79 Å². The molecule has 6 heteroatoms. The third kappa shape index (κ3) is 1.47. The van der Waals surface area contributed by atoms with E-state index in [0.717, 1.165) is 12.1 Å². The fourth-order valence-electron chi connectivity index (χ4n) is 2.30. The van der Waals surface area contributed by atoms with Crippen molar-refractivity contribution >= 4 is 23.2 Å². The van der Waals surface area contributed by atoms with Crippen LogP contribution in [-0.2, 0) is 9.53 Å². The maximum atomic E-state index is 11.8. The number of hydrogen-bond donors (Lipinski definition) is 1. The number of halogens is 1. The van der Waals surface area contributed by atoms with E-state index in [2.05, 4.69) is 15.3 Å². The van der Waals surface area contributed by atoms with Crippen LogP contribution in [0.5, 0.6) is 0 Å². The van der Waals surface area contributed by atoms with Crippen molar-refractivity contribution in [2.45, 2.75) is 12.3 Å². The Morgan fingerprint density at radius 1 is 1.50 bits per heavy atom. The van der Waals surface area contributed by atoms with E-state index in [-0.39, 0.29) is 23.0 Å². The van der Waals surface area contributed by atoms with Crippen molar-refractivity contribution < 1.29 is 9.53 Å². The highest BCUT2D eigenvalue weighted by Gasteiger charge is 2.39. The van der Waals surface area contributed by atoms with Crippen LogP contribution < -0.4 is 5.32 Å². The van der Waals surface area contributed by atoms with Crippen LogP contribution >= 0.6 is 11.6 Å². The van der Waals surface area contributed by atoms with Gasteiger partial charge in [0.1, 0.15) is 0 Å². The van der Waals surface area contributed by atoms with Crippen LogP contribution in [0.3, 0.4) is 0 Å². The molecule has 0 aliphatic carbocycles. The van der Waals surface area contributed by atoms with E-state index in [1.165, 1.54) is 0 Å². The zero-order valence-corrected chi connectivity index (χ0v) is 9.20. The molecule has 1 aromatic heterocycles. The second-order valence-corrected chi connectivity index (χ2v) is 4.34. The second kappa shape index (κ2) is 3.68. The molecule has 3 heterocycles. The smallest absolute Gasteiger partial charge is 0.230 e. The number of hydrogen-bond acceptors (Lipinski definition) is 4. The Morgan fingerprint density at radius 3 is 3.25 bits per heavy atom. The van der Waals surface area contributed by atoms with E-state index in [1.54, 1.807) is 6.20 Å². The minimum Gasteiger partial charge on any atom is -0.381 e. The number of carbonyl (C=O) groups excluding carboxylic acids is 1. The summed E-state index contributed by atoms with van der Waals surface area (Å²) in [5.74, 6) is -0.0478. The predicted octanol–water partition coefficient (Wildman–Crippen LogP) is 1.20. The first kappa shape index (κ1) is 9.99. The molecule has 16 heavy (non-hydrogen) atoms. The van der Waals surface area contributed by atoms with Gasteiger partial charge >= 0.3 is 0 Å². The molecule has 2 aliphatic heterocycles. The zero-order chi connectivity index (χ0) is 11.1. The number of ether oxygens (including phenoxy) is 1. The van der Waals surface area contributed by atoms with Crippen molar-refractivity contribution in [2.75, 3.05) is 18.5 Å². The highest BCUT2D eigenvalue weighted by atomic mass is 35.5. The Hall–Kier alpha value is -1.20. The molecule has 2 atom stereocenters. The summed E-state index contributed by atoms with van der Waals surface area (Å²) in [6, 6.07) is 0. The Labute approximate surface area is 97.2 Å². The highest BCUT2D eigenvalue weighted by Crippen LogP contribution is 2.39. The van der Waals surface area contributed by atoms with Gasteiger partial charge in [0, 0.05) is 12.5 Å². The summed E-state index contributed by atoms with van der Waals surface area (Å²) in [6.07, 6.45) is 2.37. The standard InChI is InChI=1S/C10H10ClN3O2/c11-10-12-3-7-8(14-10)5-1-2-16-4-6(5)9(15)13-7/h3,5-6H,1-2,4H2,(H,13,15). The molecule has 0 bridgehead atoms. The van der Waals surface area contributed by atoms with Gasteiger partial charge < -0.3 is 10.1 Å². The molecule has 1 amide bonds. The number of aromatic nitrogens is 2. The van der Waals surface area contributed by atoms with Crippen LogP contribution in [-0.4, -0.2) is 29.1 Å². The van der Waals surface area contributed by atoms with E-state index in [0.29, 0.717) is 18.9 Å². The average molecular weight is 240 g/mol. The van der Waals surface area contributed by atoms with Crippen LogP contribution in [0, 0.1) is 5.92 Å². The Balaban J connectivity index is 2.07. The van der Waals surface area contributed by atoms with E-state index >= 15 is 0 Å². The monoisotopic (exact) mass is 239 g/mol. The minimum atomic E-state index is -0.146. The number of nitrogens with one attached hydrogen (secondary N) is 1. The first-order valence-electron chi connectivity index (χ1n) is 5.17. The van der Waals surface area contributed by atoms with E-state index in [1.807, 2.05) is 0 Å². The quantitative estimate of drug-likeness (QED) is 0.691. The zero-order valence-electron chi connectivity index (χ0n) is 8.44. The summed E-state index contributed by atoms with van der Waals surface area (Å²) in [5.41, 5.74) is 1.52. The first-order chi connectivity index (χ1) is 7.75. The van der Waals surface area contributed by atoms with Crippen molar-refractivity contribution in [1.29, 1.82) is 0 Å². The molecule has 1 N–H and O–H groups in total. The Kier molecular flexibility index (Phi) is 2.29. The molecule has 5 nitrogen and oxygen atoms in total. The number of rotatable bonds is 0. The van der Waals surface area contributed by atoms with Crippen molar-refractivity contribution in [3.63, 3.8) is 0 Å². The highest BCUT2D eigenvalue weighted by molar-refractivity contribution is 6.28. The van der Waals surface area contributed by atoms with Crippen LogP contribution in [0.15, 0.2) is 6.20 Å². The van der Waals surface area contributed by atoms with Crippen molar-refractivity contribution in [2.24, 2.45) is 5.92 Å². The molecule has 2 aliphatic rings. The second-order valence-electron chi connectivity index (χ2n) is 4.00. The third-order valence-electron chi connectivity index (χ3n) is 3.09. The topological polar surface area (TPSA) is 64.1 Å². The van der Waals surface area contributed by atoms with Crippen LogP contribution in [0.4, 0.5) is 5.69 Å². The summed E-state index contributed by atoms with van der Waals surface area (Å²) in [6.45, 7) is 1.12. The molecule has 0 spiro atoms. The summed E-state index contributed by atoms with van der Waals surface area (Å²) in [7, 11) is 0. The lowest BCUT2D eigenvalue weighted by Crippen LogP contribution is -2.40. The normalized spacial score (nSPS) is 27.9. The lowest BCUT2D eigenvalue weighted by Gasteiger charge is -2.34. The molecule has 1 saturated heterocycles. The fraction of sp³-hybridized carbons (Fsp3) is 0.500. The maximum absolute atomic E-state index is 11.8. The Bertz CT molecular complexity index is 452. The molecule has 0 aromatic carbocycles. The van der Waals surface area contributed by atoms with Gasteiger partial charge in [0.05, 0.1) is 30.1 Å². The summed E-state index contributed by atoms with van der Waals surface area (Å²) in [5, 5.41) is 3.01. The summed E-state index contributed by atoms with van der Waals surface area (Å²) < 4.78 is 5.32. The maximum Gasteiger partial charge on any atom is 0.230 e. The van der Waals surface area contributed by atoms with Gasteiger partial charge in [-0.1, -0.05) is 0 Å². The number of anilines is 1. The lowest BCUT2D eigenvalue weighted by molar-refractivity contribution is -0.125. The minimum absolute atomic E-state index is 0.0110. The largest absolute Gasteiger partial charge is 0.381 e. The van der Waals surface area contributed by atoms with E-state index < -0.39 is 0 Å². The molecule has 3 rings (SSSR count). The molecule has 0 saturated carbocycles. The van der Waals surface area contributed by atoms with E-state index in [4.69, 9.17) is 16.3 Å². The van der Waals surface area contributed by atoms with Gasteiger partial charge in [0.2, 0.25) is 11.2 Å². The number of nitrogens with zero attached hydrogens (tertiary/aromatic N) is 2. The molecule has 1 fully saturated rings. The average Bonchev–Trinajstić information content (AvgIpc) is 2.31. The summed E-state index contributed by atoms with van der Waals surface area (Å²) in [4.78, 5) is 19.9. The Morgan fingerprint density at radius 2 is 2.38 bits per heavy atom. The molecule has 0 radical (unpaired) electrons. The SMILES string of the molecule is O=C1Nc2cnc(Cl)nc2C2CCOCC12. The van der Waals surface area contributed by atoms with Crippen molar-refractivity contribution in [1.82, 2.24) is 9.97 Å². The number of amides is 1. The molecule has 84 valence electrons. The predicted molar refractivity (Wildman–Crippen MR) is 57.3 cm³/mol. The van der Waals surface area contributed by atoms with Crippen LogP contribution in [0.1, 0.15) is 18.0 Å². The molecular weight excluding hydrogens is 230 g/mol. The number of carbonyl (C=O) groups is 1. The van der Waals surface area contributed by atoms with Gasteiger partial charge in [0.25, 0.3) is 0 Å². The molecular formula is C10H10ClN3O2. The lowest BCUT2D eigenvalue weighted by atomic mass is 9.82. The molecule has 1 aromatic rings. The van der Waals surface area contributed by atoms with Gasteiger partial charge in [-0.25, -0.2) is 9.97 Å². The summed E-state index contributed by atoms with van der Waals surface area (Å²) >= 11 is 5.78. The molecule has 2 unspecified atom stereocenters. The fourth-order valence-corrected chi connectivity index (χ4v) is 2.44. The third-order valence-corrected chi connectivity index (χ3v) is 3.27. The van der Waals surface area contributed by atoms with Gasteiger partial charge in [-0.3, -0.25) is 4.79 Å². The number of fused-ring (bicyclic) bond motifs is 3. The van der Waals surface area contributed by atoms with Crippen LogP contribution in [0.25, 0.3) is 0 Å². The van der Waals surface area contributed by atoms with Gasteiger partial charge in [0.15, 0.2) is 0 Å². The van der Waals surface area contributed by atoms with Gasteiger partial charge in [-0.15, -0.1) is 0 Å². The van der Waals surface area contributed by atoms with Gasteiger partial charge in [-0.05, 0) is 18.0 Å². The van der Waals surface area contributed by atoms with Crippen LogP contribution in [0.2, 0.25) is 5.28 Å². The van der Waals surface area contributed by atoms with Gasteiger partial charge in [-0.2, -0.15) is 0 Å². The van der Waals surface area contributed by atoms with Crippen molar-refractivity contribution in [3.05, 3.63) is 17.2 Å². The van der Waals surface area contributed by atoms with Crippen molar-refractivity contribution in [3.8, 4) is 0 Å².